The first kappa shape index (κ1) is 31.2. The fourth-order valence-corrected chi connectivity index (χ4v) is 5.17. The summed E-state index contributed by atoms with van der Waals surface area (Å²) in [4.78, 5) is 12.4. The van der Waals surface area contributed by atoms with Gasteiger partial charge in [-0.2, -0.15) is 5.26 Å². The molecule has 7 nitrogen and oxygen atoms in total. The van der Waals surface area contributed by atoms with E-state index in [0.29, 0.717) is 44.6 Å². The normalized spacial score (nSPS) is 13.9. The predicted molar refractivity (Wildman–Crippen MR) is 134 cm³/mol. The van der Waals surface area contributed by atoms with Crippen LogP contribution in [0.1, 0.15) is 93.9 Å². The Morgan fingerprint density at radius 1 is 0.969 bits per heavy atom. The summed E-state index contributed by atoms with van der Waals surface area (Å²) in [5.74, 6) is 0.784. The summed E-state index contributed by atoms with van der Waals surface area (Å²) in [6.45, 7) is 18.7. The number of nitrogens with one attached hydrogen (secondary N) is 2. The van der Waals surface area contributed by atoms with E-state index in [2.05, 4.69) is 76.8 Å². The molecular weight excluding hydrogens is 423 g/mol. The average Bonchev–Trinajstić information content (AvgIpc) is 2.66. The fraction of sp³-hybridized carbons (Fsp3) is 0.917. The molecule has 0 aromatic heterocycles. The number of nitriles is 1. The summed E-state index contributed by atoms with van der Waals surface area (Å²) in [6.07, 6.45) is 4.95. The Kier molecular flexibility index (Phi) is 18.2. The minimum absolute atomic E-state index is 0.0891. The SMILES string of the molecule is CC(C)CCCC(CC(=O)NCCCOP(OCCC#N)N(C(C)C)C(C)C)NC(C)C. The molecule has 0 aromatic rings. The fourth-order valence-electron chi connectivity index (χ4n) is 3.54. The molecule has 8 heteroatoms. The lowest BCUT2D eigenvalue weighted by atomic mass is 10.0. The van der Waals surface area contributed by atoms with Crippen LogP contribution in [0.3, 0.4) is 0 Å². The van der Waals surface area contributed by atoms with Gasteiger partial charge in [0.2, 0.25) is 5.91 Å². The second-order valence-electron chi connectivity index (χ2n) is 9.63. The maximum atomic E-state index is 12.4. The maximum absolute atomic E-state index is 12.4. The van der Waals surface area contributed by atoms with Crippen LogP contribution >= 0.6 is 8.53 Å². The van der Waals surface area contributed by atoms with Gasteiger partial charge >= 0.3 is 0 Å². The topological polar surface area (TPSA) is 86.6 Å². The summed E-state index contributed by atoms with van der Waals surface area (Å²) >= 11 is 0. The highest BCUT2D eigenvalue weighted by Crippen LogP contribution is 2.45. The van der Waals surface area contributed by atoms with E-state index in [1.54, 1.807) is 0 Å². The molecule has 0 rings (SSSR count). The van der Waals surface area contributed by atoms with Crippen molar-refractivity contribution in [3.05, 3.63) is 0 Å². The van der Waals surface area contributed by atoms with Crippen molar-refractivity contribution >= 4 is 14.4 Å². The zero-order chi connectivity index (χ0) is 24.5. The Hall–Kier alpha value is -0.770. The Balaban J connectivity index is 4.45. The lowest BCUT2D eigenvalue weighted by Gasteiger charge is -2.35. The Morgan fingerprint density at radius 2 is 1.59 bits per heavy atom. The van der Waals surface area contributed by atoms with Crippen LogP contribution in [0.25, 0.3) is 0 Å². The molecule has 0 heterocycles. The summed E-state index contributed by atoms with van der Waals surface area (Å²) < 4.78 is 14.2. The summed E-state index contributed by atoms with van der Waals surface area (Å²) in [5.41, 5.74) is 0. The number of amides is 1. The van der Waals surface area contributed by atoms with Gasteiger partial charge in [-0.3, -0.25) is 4.79 Å². The molecule has 2 unspecified atom stereocenters. The zero-order valence-corrected chi connectivity index (χ0v) is 22.7. The molecule has 0 radical (unpaired) electrons. The average molecular weight is 473 g/mol. The highest BCUT2D eigenvalue weighted by molar-refractivity contribution is 7.44. The summed E-state index contributed by atoms with van der Waals surface area (Å²) in [7, 11) is -1.22. The van der Waals surface area contributed by atoms with E-state index in [1.807, 2.05) is 0 Å². The molecule has 0 saturated carbocycles. The van der Waals surface area contributed by atoms with Gasteiger partial charge in [0.1, 0.15) is 0 Å². The Bertz CT molecular complexity index is 516. The Morgan fingerprint density at radius 3 is 2.12 bits per heavy atom. The predicted octanol–water partition coefficient (Wildman–Crippen LogP) is 5.37. The van der Waals surface area contributed by atoms with Crippen LogP contribution in [0.5, 0.6) is 0 Å². The van der Waals surface area contributed by atoms with Crippen molar-refractivity contribution in [3.63, 3.8) is 0 Å². The standard InChI is InChI=1S/C24H49N4O3P/c1-19(2)12-9-13-23(27-20(3)4)18-24(29)26-15-11-17-31-32(30-16-10-14-25)28(21(5)6)22(7)8/h19-23,27H,9-13,15-18H2,1-8H3,(H,26,29). The van der Waals surface area contributed by atoms with Crippen LogP contribution in [0.4, 0.5) is 0 Å². The summed E-state index contributed by atoms with van der Waals surface area (Å²) in [5, 5.41) is 15.4. The van der Waals surface area contributed by atoms with Crippen molar-refractivity contribution in [2.24, 2.45) is 5.92 Å². The van der Waals surface area contributed by atoms with Gasteiger partial charge in [0.15, 0.2) is 0 Å². The first-order chi connectivity index (χ1) is 15.1. The van der Waals surface area contributed by atoms with Gasteiger partial charge in [0, 0.05) is 37.1 Å². The molecule has 1 amide bonds. The molecule has 0 spiro atoms. The van der Waals surface area contributed by atoms with Gasteiger partial charge in [-0.25, -0.2) is 4.67 Å². The first-order valence-electron chi connectivity index (χ1n) is 12.3. The lowest BCUT2D eigenvalue weighted by Crippen LogP contribution is -2.39. The molecule has 0 saturated heterocycles. The minimum atomic E-state index is -1.22. The van der Waals surface area contributed by atoms with Crippen molar-refractivity contribution in [1.82, 2.24) is 15.3 Å². The van der Waals surface area contributed by atoms with Gasteiger partial charge in [-0.1, -0.05) is 40.5 Å². The quantitative estimate of drug-likeness (QED) is 0.194. The number of hydrogen-bond donors (Lipinski definition) is 2. The number of carbonyl (C=O) groups excluding carboxylic acids is 1. The summed E-state index contributed by atoms with van der Waals surface area (Å²) in [6, 6.07) is 3.26. The number of rotatable bonds is 19. The van der Waals surface area contributed by atoms with Crippen LogP contribution in [0.2, 0.25) is 0 Å². The molecule has 0 aliphatic heterocycles. The van der Waals surface area contributed by atoms with E-state index in [-0.39, 0.29) is 24.0 Å². The van der Waals surface area contributed by atoms with Crippen molar-refractivity contribution in [3.8, 4) is 6.07 Å². The molecular formula is C24H49N4O3P. The zero-order valence-electron chi connectivity index (χ0n) is 21.8. The van der Waals surface area contributed by atoms with Crippen LogP contribution in [0.15, 0.2) is 0 Å². The smallest absolute Gasteiger partial charge is 0.259 e. The van der Waals surface area contributed by atoms with Crippen molar-refractivity contribution < 1.29 is 13.8 Å². The lowest BCUT2D eigenvalue weighted by molar-refractivity contribution is -0.121. The maximum Gasteiger partial charge on any atom is 0.259 e. The minimum Gasteiger partial charge on any atom is -0.356 e. The second-order valence-corrected chi connectivity index (χ2v) is 11.1. The molecule has 32 heavy (non-hydrogen) atoms. The van der Waals surface area contributed by atoms with E-state index in [1.165, 1.54) is 6.42 Å². The molecule has 2 N–H and O–H groups in total. The van der Waals surface area contributed by atoms with E-state index in [4.69, 9.17) is 14.3 Å². The van der Waals surface area contributed by atoms with Gasteiger partial charge in [-0.05, 0) is 46.5 Å². The van der Waals surface area contributed by atoms with E-state index in [9.17, 15) is 4.79 Å². The van der Waals surface area contributed by atoms with Gasteiger partial charge in [-0.15, -0.1) is 0 Å². The third kappa shape index (κ3) is 15.9. The molecule has 0 aromatic carbocycles. The number of hydrogen-bond acceptors (Lipinski definition) is 6. The second kappa shape index (κ2) is 18.6. The third-order valence-corrected chi connectivity index (χ3v) is 6.95. The van der Waals surface area contributed by atoms with Crippen molar-refractivity contribution in [2.45, 2.75) is 118 Å². The van der Waals surface area contributed by atoms with Crippen molar-refractivity contribution in [2.75, 3.05) is 19.8 Å². The molecule has 2 atom stereocenters. The van der Waals surface area contributed by atoms with E-state index < -0.39 is 8.53 Å². The highest BCUT2D eigenvalue weighted by Gasteiger charge is 2.27. The first-order valence-corrected chi connectivity index (χ1v) is 13.4. The molecule has 0 aliphatic carbocycles. The molecule has 0 aliphatic rings. The van der Waals surface area contributed by atoms with Crippen LogP contribution in [-0.2, 0) is 13.8 Å². The Labute approximate surface area is 199 Å². The third-order valence-electron chi connectivity index (χ3n) is 4.84. The number of carbonyl (C=O) groups is 1. The van der Waals surface area contributed by atoms with Crippen molar-refractivity contribution in [1.29, 1.82) is 5.26 Å². The highest BCUT2D eigenvalue weighted by atomic mass is 31.2. The molecule has 0 bridgehead atoms. The van der Waals surface area contributed by atoms with E-state index >= 15 is 0 Å². The molecule has 188 valence electrons. The van der Waals surface area contributed by atoms with Crippen LogP contribution in [0, 0.1) is 17.2 Å². The molecule has 0 fully saturated rings. The monoisotopic (exact) mass is 472 g/mol. The van der Waals surface area contributed by atoms with Crippen LogP contribution in [-0.4, -0.2) is 54.5 Å². The number of nitrogens with zero attached hydrogens (tertiary/aromatic N) is 2. The largest absolute Gasteiger partial charge is 0.356 e. The van der Waals surface area contributed by atoms with Gasteiger partial charge in [0.05, 0.1) is 25.7 Å². The van der Waals surface area contributed by atoms with Crippen LogP contribution < -0.4 is 10.6 Å². The van der Waals surface area contributed by atoms with Gasteiger partial charge in [0.25, 0.3) is 8.53 Å². The van der Waals surface area contributed by atoms with E-state index in [0.717, 1.165) is 19.3 Å². The van der Waals surface area contributed by atoms with Gasteiger partial charge < -0.3 is 19.7 Å².